The number of carbonyl (C=O) groups excluding carboxylic acids is 1. The quantitative estimate of drug-likeness (QED) is 0.694. The Morgan fingerprint density at radius 2 is 2.33 bits per heavy atom. The van der Waals surface area contributed by atoms with Gasteiger partial charge in [0.2, 0.25) is 0 Å². The highest BCUT2D eigenvalue weighted by atomic mass is 32.2. The molecule has 0 saturated carbocycles. The van der Waals surface area contributed by atoms with Crippen LogP contribution in [0.3, 0.4) is 0 Å². The Bertz CT molecular complexity index is 316. The summed E-state index contributed by atoms with van der Waals surface area (Å²) in [4.78, 5) is 16.3. The van der Waals surface area contributed by atoms with Crippen molar-refractivity contribution in [2.24, 2.45) is 4.99 Å². The fraction of sp³-hybridized carbons (Fsp3) is 0.800. The van der Waals surface area contributed by atoms with Gasteiger partial charge in [0.1, 0.15) is 5.54 Å². The van der Waals surface area contributed by atoms with E-state index < -0.39 is 5.54 Å². The van der Waals surface area contributed by atoms with Gasteiger partial charge in [-0.05, 0) is 26.0 Å². The summed E-state index contributed by atoms with van der Waals surface area (Å²) in [5, 5.41) is 6.42. The number of hydrogen-bond acceptors (Lipinski definition) is 3. The summed E-state index contributed by atoms with van der Waals surface area (Å²) in [6, 6.07) is 0.201. The molecule has 2 aliphatic heterocycles. The standard InChI is InChI=1S/C10H17N3OS/c1-6(2)11-9-12-8(14)10(13-9)4-5-15-7(10)3/h6-7H,4-5H2,1-3H3,(H2,11,12,13,14). The van der Waals surface area contributed by atoms with E-state index in [0.29, 0.717) is 11.2 Å². The lowest BCUT2D eigenvalue weighted by atomic mass is 9.93. The highest BCUT2D eigenvalue weighted by Gasteiger charge is 2.52. The van der Waals surface area contributed by atoms with E-state index in [-0.39, 0.29) is 11.9 Å². The van der Waals surface area contributed by atoms with E-state index in [2.05, 4.69) is 22.5 Å². The molecule has 2 aliphatic rings. The van der Waals surface area contributed by atoms with Crippen LogP contribution in [0.2, 0.25) is 0 Å². The van der Waals surface area contributed by atoms with E-state index in [1.54, 1.807) is 0 Å². The first-order valence-corrected chi connectivity index (χ1v) is 6.38. The first-order valence-electron chi connectivity index (χ1n) is 5.33. The van der Waals surface area contributed by atoms with Crippen LogP contribution >= 0.6 is 11.8 Å². The molecule has 0 aromatic rings. The fourth-order valence-corrected chi connectivity index (χ4v) is 3.41. The highest BCUT2D eigenvalue weighted by Crippen LogP contribution is 2.37. The number of nitrogens with zero attached hydrogens (tertiary/aromatic N) is 1. The normalized spacial score (nSPS) is 37.7. The third-order valence-electron chi connectivity index (χ3n) is 2.92. The van der Waals surface area contributed by atoms with Crippen molar-refractivity contribution < 1.29 is 4.79 Å². The van der Waals surface area contributed by atoms with Crippen LogP contribution in [0.5, 0.6) is 0 Å². The molecule has 0 aromatic heterocycles. The second-order valence-electron chi connectivity index (χ2n) is 4.38. The molecule has 0 radical (unpaired) electrons. The molecule has 2 rings (SSSR count). The summed E-state index contributed by atoms with van der Waals surface area (Å²) in [6.45, 7) is 6.10. The van der Waals surface area contributed by atoms with Crippen molar-refractivity contribution in [1.29, 1.82) is 0 Å². The highest BCUT2D eigenvalue weighted by molar-refractivity contribution is 8.00. The maximum absolute atomic E-state index is 11.9. The van der Waals surface area contributed by atoms with Crippen LogP contribution in [0, 0.1) is 0 Å². The van der Waals surface area contributed by atoms with Crippen molar-refractivity contribution >= 4 is 23.6 Å². The average Bonchev–Trinajstić information content (AvgIpc) is 2.60. The van der Waals surface area contributed by atoms with Crippen LogP contribution in [0.4, 0.5) is 0 Å². The summed E-state index contributed by atoms with van der Waals surface area (Å²) in [6.07, 6.45) is 0.891. The Kier molecular flexibility index (Phi) is 2.66. The lowest BCUT2D eigenvalue weighted by Crippen LogP contribution is -2.51. The van der Waals surface area contributed by atoms with Gasteiger partial charge in [0.15, 0.2) is 5.96 Å². The van der Waals surface area contributed by atoms with E-state index in [4.69, 9.17) is 0 Å². The Hall–Kier alpha value is -0.710. The van der Waals surface area contributed by atoms with Gasteiger partial charge >= 0.3 is 0 Å². The molecule has 0 bridgehead atoms. The Labute approximate surface area is 94.3 Å². The maximum atomic E-state index is 11.9. The SMILES string of the molecule is CC(C)N=C1NC(=O)C2(CCSC2C)N1. The summed E-state index contributed by atoms with van der Waals surface area (Å²) in [7, 11) is 0. The minimum Gasteiger partial charge on any atom is -0.341 e. The van der Waals surface area contributed by atoms with Gasteiger partial charge in [0, 0.05) is 11.3 Å². The second kappa shape index (κ2) is 3.70. The number of carbonyl (C=O) groups is 1. The molecule has 2 N–H and O–H groups in total. The Morgan fingerprint density at radius 3 is 2.87 bits per heavy atom. The van der Waals surface area contributed by atoms with E-state index in [1.807, 2.05) is 25.6 Å². The number of rotatable bonds is 1. The summed E-state index contributed by atoms with van der Waals surface area (Å²) in [5.74, 6) is 1.76. The number of aliphatic imine (C=N–C) groups is 1. The number of guanidine groups is 1. The molecule has 4 nitrogen and oxygen atoms in total. The number of nitrogens with one attached hydrogen (secondary N) is 2. The van der Waals surface area contributed by atoms with Crippen molar-refractivity contribution in [2.45, 2.75) is 44.0 Å². The first kappa shape index (κ1) is 10.8. The molecule has 0 aliphatic carbocycles. The van der Waals surface area contributed by atoms with Crippen LogP contribution in [0.1, 0.15) is 27.2 Å². The van der Waals surface area contributed by atoms with Crippen molar-refractivity contribution in [3.63, 3.8) is 0 Å². The molecular formula is C10H17N3OS. The number of thioether (sulfide) groups is 1. The van der Waals surface area contributed by atoms with E-state index in [1.165, 1.54) is 0 Å². The molecule has 15 heavy (non-hydrogen) atoms. The zero-order valence-corrected chi connectivity index (χ0v) is 10.1. The predicted molar refractivity (Wildman–Crippen MR) is 63.1 cm³/mol. The van der Waals surface area contributed by atoms with Gasteiger partial charge < -0.3 is 5.32 Å². The molecular weight excluding hydrogens is 210 g/mol. The summed E-state index contributed by atoms with van der Waals surface area (Å²) < 4.78 is 0. The molecule has 1 spiro atoms. The smallest absolute Gasteiger partial charge is 0.253 e. The van der Waals surface area contributed by atoms with Crippen molar-refractivity contribution in [2.75, 3.05) is 5.75 Å². The zero-order valence-electron chi connectivity index (χ0n) is 9.33. The minimum absolute atomic E-state index is 0.0828. The monoisotopic (exact) mass is 227 g/mol. The van der Waals surface area contributed by atoms with Gasteiger partial charge in [-0.1, -0.05) is 6.92 Å². The lowest BCUT2D eigenvalue weighted by Gasteiger charge is -2.24. The van der Waals surface area contributed by atoms with Gasteiger partial charge in [-0.15, -0.1) is 0 Å². The van der Waals surface area contributed by atoms with Gasteiger partial charge in [-0.2, -0.15) is 11.8 Å². The van der Waals surface area contributed by atoms with E-state index in [9.17, 15) is 4.79 Å². The van der Waals surface area contributed by atoms with Gasteiger partial charge in [-0.25, -0.2) is 0 Å². The van der Waals surface area contributed by atoms with Crippen LogP contribution in [-0.4, -0.2) is 34.5 Å². The lowest BCUT2D eigenvalue weighted by molar-refractivity contribution is -0.123. The molecule has 2 unspecified atom stereocenters. The van der Waals surface area contributed by atoms with Crippen molar-refractivity contribution in [3.8, 4) is 0 Å². The largest absolute Gasteiger partial charge is 0.341 e. The molecule has 5 heteroatoms. The fourth-order valence-electron chi connectivity index (χ4n) is 2.05. The third-order valence-corrected chi connectivity index (χ3v) is 4.27. The molecule has 0 aromatic carbocycles. The summed E-state index contributed by atoms with van der Waals surface area (Å²) in [5.41, 5.74) is -0.404. The van der Waals surface area contributed by atoms with Crippen molar-refractivity contribution in [3.05, 3.63) is 0 Å². The van der Waals surface area contributed by atoms with Gasteiger partial charge in [-0.3, -0.25) is 15.1 Å². The van der Waals surface area contributed by atoms with Gasteiger partial charge in [0.25, 0.3) is 5.91 Å². The number of amides is 1. The molecule has 2 saturated heterocycles. The molecule has 2 atom stereocenters. The van der Waals surface area contributed by atoms with Crippen LogP contribution in [0.15, 0.2) is 4.99 Å². The third kappa shape index (κ3) is 1.73. The van der Waals surface area contributed by atoms with Gasteiger partial charge in [0.05, 0.1) is 0 Å². The van der Waals surface area contributed by atoms with E-state index in [0.717, 1.165) is 12.2 Å². The molecule has 84 valence electrons. The number of hydrogen-bond donors (Lipinski definition) is 2. The second-order valence-corrected chi connectivity index (χ2v) is 5.83. The summed E-state index contributed by atoms with van der Waals surface area (Å²) >= 11 is 1.84. The Balaban J connectivity index is 2.20. The average molecular weight is 227 g/mol. The molecule has 1 amide bonds. The minimum atomic E-state index is -0.404. The zero-order chi connectivity index (χ0) is 11.1. The molecule has 2 fully saturated rings. The first-order chi connectivity index (χ1) is 7.04. The molecule has 2 heterocycles. The van der Waals surface area contributed by atoms with Crippen LogP contribution in [-0.2, 0) is 4.79 Å². The maximum Gasteiger partial charge on any atom is 0.253 e. The predicted octanol–water partition coefficient (Wildman–Crippen LogP) is 0.734. The topological polar surface area (TPSA) is 53.5 Å². The van der Waals surface area contributed by atoms with Crippen molar-refractivity contribution in [1.82, 2.24) is 10.6 Å². The van der Waals surface area contributed by atoms with Crippen LogP contribution in [0.25, 0.3) is 0 Å². The van der Waals surface area contributed by atoms with Crippen LogP contribution < -0.4 is 10.6 Å². The Morgan fingerprint density at radius 1 is 1.60 bits per heavy atom. The van der Waals surface area contributed by atoms with E-state index >= 15 is 0 Å².